The second-order valence-corrected chi connectivity index (χ2v) is 8.47. The number of hydrogen-bond donors (Lipinski definition) is 2. The van der Waals surface area contributed by atoms with Crippen molar-refractivity contribution in [3.05, 3.63) is 84.1 Å². The molecule has 35 heavy (non-hydrogen) atoms. The minimum absolute atomic E-state index is 0.121. The van der Waals surface area contributed by atoms with E-state index in [2.05, 4.69) is 20.8 Å². The van der Waals surface area contributed by atoms with Crippen LogP contribution in [0.3, 0.4) is 0 Å². The van der Waals surface area contributed by atoms with Crippen molar-refractivity contribution in [3.63, 3.8) is 0 Å². The predicted octanol–water partition coefficient (Wildman–Crippen LogP) is 4.23. The standard InChI is InChI=1S/C25H25N5O4S/c1-3-33-20-11-9-19(10-12-20)30-22(15-26-24(32)21-8-5-13-34-21)28-29-25(30)35-16-23(31)27-18-7-4-6-17(2)14-18/h4-14H,3,15-16H2,1-2H3,(H,26,32)(H,27,31). The zero-order chi connectivity index (χ0) is 24.6. The van der Waals surface area contributed by atoms with Gasteiger partial charge in [0.2, 0.25) is 5.91 Å². The molecular formula is C25H25N5O4S. The molecule has 0 bridgehead atoms. The van der Waals surface area contributed by atoms with E-state index in [-0.39, 0.29) is 29.9 Å². The molecule has 0 aliphatic carbocycles. The van der Waals surface area contributed by atoms with Gasteiger partial charge >= 0.3 is 0 Å². The molecule has 2 aromatic heterocycles. The largest absolute Gasteiger partial charge is 0.494 e. The molecule has 0 saturated heterocycles. The van der Waals surface area contributed by atoms with Crippen LogP contribution in [0.4, 0.5) is 5.69 Å². The summed E-state index contributed by atoms with van der Waals surface area (Å²) in [5, 5.41) is 14.7. The maximum Gasteiger partial charge on any atom is 0.287 e. The van der Waals surface area contributed by atoms with Crippen molar-refractivity contribution in [2.75, 3.05) is 17.7 Å². The normalized spacial score (nSPS) is 10.7. The Morgan fingerprint density at radius 3 is 2.63 bits per heavy atom. The highest BCUT2D eigenvalue weighted by Crippen LogP contribution is 2.24. The Labute approximate surface area is 206 Å². The van der Waals surface area contributed by atoms with Crippen molar-refractivity contribution < 1.29 is 18.7 Å². The fourth-order valence-electron chi connectivity index (χ4n) is 3.33. The molecule has 9 nitrogen and oxygen atoms in total. The third-order valence-electron chi connectivity index (χ3n) is 4.89. The number of aromatic nitrogens is 3. The van der Waals surface area contributed by atoms with Crippen molar-refractivity contribution >= 4 is 29.3 Å². The van der Waals surface area contributed by atoms with Gasteiger partial charge in [-0.1, -0.05) is 23.9 Å². The van der Waals surface area contributed by atoms with Crippen LogP contribution in [-0.2, 0) is 11.3 Å². The lowest BCUT2D eigenvalue weighted by molar-refractivity contribution is -0.113. The molecule has 0 radical (unpaired) electrons. The van der Waals surface area contributed by atoms with Gasteiger partial charge in [0, 0.05) is 11.4 Å². The van der Waals surface area contributed by atoms with Gasteiger partial charge in [-0.05, 0) is 67.9 Å². The quantitative estimate of drug-likeness (QED) is 0.319. The van der Waals surface area contributed by atoms with E-state index in [9.17, 15) is 9.59 Å². The lowest BCUT2D eigenvalue weighted by atomic mass is 10.2. The number of thioether (sulfide) groups is 1. The van der Waals surface area contributed by atoms with E-state index in [4.69, 9.17) is 9.15 Å². The average molecular weight is 492 g/mol. The van der Waals surface area contributed by atoms with E-state index in [0.717, 1.165) is 22.7 Å². The molecule has 2 N–H and O–H groups in total. The molecule has 180 valence electrons. The van der Waals surface area contributed by atoms with Crippen molar-refractivity contribution in [1.82, 2.24) is 20.1 Å². The molecule has 0 unspecified atom stereocenters. The summed E-state index contributed by atoms with van der Waals surface area (Å²) in [5.41, 5.74) is 2.58. The van der Waals surface area contributed by atoms with Crippen molar-refractivity contribution in [1.29, 1.82) is 0 Å². The first-order valence-corrected chi connectivity index (χ1v) is 12.0. The number of carbonyl (C=O) groups excluding carboxylic acids is 2. The molecule has 4 aromatic rings. The minimum Gasteiger partial charge on any atom is -0.494 e. The third kappa shape index (κ3) is 6.30. The fourth-order valence-corrected chi connectivity index (χ4v) is 4.10. The van der Waals surface area contributed by atoms with Crippen molar-refractivity contribution in [2.45, 2.75) is 25.5 Å². The Kier molecular flexibility index (Phi) is 7.84. The maximum absolute atomic E-state index is 12.5. The van der Waals surface area contributed by atoms with E-state index in [1.54, 1.807) is 12.1 Å². The number of aryl methyl sites for hydroxylation is 1. The van der Waals surface area contributed by atoms with Crippen molar-refractivity contribution in [2.24, 2.45) is 0 Å². The van der Waals surface area contributed by atoms with Gasteiger partial charge in [0.15, 0.2) is 16.7 Å². The number of ether oxygens (including phenoxy) is 1. The minimum atomic E-state index is -0.358. The number of amides is 2. The molecule has 0 atom stereocenters. The van der Waals surface area contributed by atoms with E-state index in [1.165, 1.54) is 18.0 Å². The van der Waals surface area contributed by atoms with E-state index < -0.39 is 0 Å². The van der Waals surface area contributed by atoms with Crippen LogP contribution in [0.5, 0.6) is 5.75 Å². The number of nitrogens with zero attached hydrogens (tertiary/aromatic N) is 3. The number of nitrogens with one attached hydrogen (secondary N) is 2. The molecule has 4 rings (SSSR count). The summed E-state index contributed by atoms with van der Waals surface area (Å²) in [7, 11) is 0. The topological polar surface area (TPSA) is 111 Å². The molecule has 0 saturated carbocycles. The van der Waals surface area contributed by atoms with Gasteiger partial charge in [-0.3, -0.25) is 14.2 Å². The summed E-state index contributed by atoms with van der Waals surface area (Å²) in [6.45, 7) is 4.57. The highest BCUT2D eigenvalue weighted by atomic mass is 32.2. The molecule has 0 fully saturated rings. The molecule has 2 heterocycles. The molecule has 0 aliphatic heterocycles. The van der Waals surface area contributed by atoms with Crippen LogP contribution < -0.4 is 15.4 Å². The first-order valence-electron chi connectivity index (χ1n) is 11.0. The highest BCUT2D eigenvalue weighted by Gasteiger charge is 2.18. The number of benzene rings is 2. The first kappa shape index (κ1) is 24.1. The molecular weight excluding hydrogens is 466 g/mol. The van der Waals surface area contributed by atoms with Crippen LogP contribution in [-0.4, -0.2) is 38.9 Å². The van der Waals surface area contributed by atoms with Crippen LogP contribution in [0.2, 0.25) is 0 Å². The summed E-state index contributed by atoms with van der Waals surface area (Å²) in [6, 6.07) is 18.3. The number of carbonyl (C=O) groups is 2. The Hall–Kier alpha value is -4.05. The summed E-state index contributed by atoms with van der Waals surface area (Å²) >= 11 is 1.26. The van der Waals surface area contributed by atoms with Gasteiger partial charge in [-0.2, -0.15) is 0 Å². The highest BCUT2D eigenvalue weighted by molar-refractivity contribution is 7.99. The molecule has 2 amide bonds. The van der Waals surface area contributed by atoms with E-state index >= 15 is 0 Å². The molecule has 0 spiro atoms. The van der Waals surface area contributed by atoms with Crippen LogP contribution >= 0.6 is 11.8 Å². The van der Waals surface area contributed by atoms with E-state index in [0.29, 0.717) is 17.6 Å². The summed E-state index contributed by atoms with van der Waals surface area (Å²) in [6.07, 6.45) is 1.44. The number of hydrogen-bond acceptors (Lipinski definition) is 7. The van der Waals surface area contributed by atoms with Crippen LogP contribution in [0.15, 0.2) is 76.5 Å². The number of rotatable bonds is 10. The Balaban J connectivity index is 1.51. The van der Waals surface area contributed by atoms with Gasteiger partial charge < -0.3 is 19.8 Å². The second-order valence-electron chi connectivity index (χ2n) is 7.53. The predicted molar refractivity (Wildman–Crippen MR) is 133 cm³/mol. The van der Waals surface area contributed by atoms with Gasteiger partial charge in [0.05, 0.1) is 25.2 Å². The third-order valence-corrected chi connectivity index (χ3v) is 5.82. The molecule has 0 aliphatic rings. The van der Waals surface area contributed by atoms with Gasteiger partial charge in [-0.15, -0.1) is 10.2 Å². The Morgan fingerprint density at radius 1 is 1.09 bits per heavy atom. The van der Waals surface area contributed by atoms with Gasteiger partial charge in [-0.25, -0.2) is 0 Å². The number of furan rings is 1. The summed E-state index contributed by atoms with van der Waals surface area (Å²) in [4.78, 5) is 24.9. The van der Waals surface area contributed by atoms with Gasteiger partial charge in [0.1, 0.15) is 5.75 Å². The average Bonchev–Trinajstić information content (AvgIpc) is 3.52. The summed E-state index contributed by atoms with van der Waals surface area (Å²) in [5.74, 6) is 1.08. The van der Waals surface area contributed by atoms with Crippen LogP contribution in [0.25, 0.3) is 5.69 Å². The van der Waals surface area contributed by atoms with Gasteiger partial charge in [0.25, 0.3) is 5.91 Å². The lowest BCUT2D eigenvalue weighted by Crippen LogP contribution is -2.24. The zero-order valence-electron chi connectivity index (χ0n) is 19.4. The first-order chi connectivity index (χ1) is 17.0. The second kappa shape index (κ2) is 11.4. The van der Waals surface area contributed by atoms with Crippen molar-refractivity contribution in [3.8, 4) is 11.4 Å². The molecule has 2 aromatic carbocycles. The molecule has 10 heteroatoms. The smallest absolute Gasteiger partial charge is 0.287 e. The lowest BCUT2D eigenvalue weighted by Gasteiger charge is -2.12. The SMILES string of the molecule is CCOc1ccc(-n2c(CNC(=O)c3ccco3)nnc2SCC(=O)Nc2cccc(C)c2)cc1. The Morgan fingerprint density at radius 2 is 1.91 bits per heavy atom. The fraction of sp³-hybridized carbons (Fsp3) is 0.200. The maximum atomic E-state index is 12.5. The van der Waals surface area contributed by atoms with E-state index in [1.807, 2.05) is 66.9 Å². The Bertz CT molecular complexity index is 1290. The van der Waals surface area contributed by atoms with Crippen LogP contribution in [0, 0.1) is 6.92 Å². The zero-order valence-corrected chi connectivity index (χ0v) is 20.2. The summed E-state index contributed by atoms with van der Waals surface area (Å²) < 4.78 is 12.5. The van der Waals surface area contributed by atoms with Crippen LogP contribution in [0.1, 0.15) is 28.9 Å². The number of anilines is 1. The monoisotopic (exact) mass is 491 g/mol.